The Labute approximate surface area is 109 Å². The van der Waals surface area contributed by atoms with Crippen molar-refractivity contribution in [2.45, 2.75) is 41.5 Å². The Bertz CT molecular complexity index is 186. The molecule has 0 saturated heterocycles. The summed E-state index contributed by atoms with van der Waals surface area (Å²) in [4.78, 5) is 0. The van der Waals surface area contributed by atoms with Crippen molar-refractivity contribution in [2.24, 2.45) is 10.8 Å². The van der Waals surface area contributed by atoms with E-state index in [0.29, 0.717) is 0 Å². The van der Waals surface area contributed by atoms with Gasteiger partial charge in [0.1, 0.15) is 0 Å². The van der Waals surface area contributed by atoms with E-state index >= 15 is 0 Å². The molecular formula is C12H20Y-2. The van der Waals surface area contributed by atoms with E-state index in [2.05, 4.69) is 47.6 Å². The third kappa shape index (κ3) is 8.90. The van der Waals surface area contributed by atoms with Crippen molar-refractivity contribution in [1.29, 1.82) is 0 Å². The molecule has 0 amide bonds. The standard InChI is InChI=1S/C12H20.Y/c1-10(12(5,6)7)8-9-11(2,3)4;/h1,8H,2-7H3;/q-2;. The molecule has 0 spiro atoms. The molecule has 13 heavy (non-hydrogen) atoms. The summed E-state index contributed by atoms with van der Waals surface area (Å²) >= 11 is 0. The van der Waals surface area contributed by atoms with Gasteiger partial charge in [0.15, 0.2) is 0 Å². The van der Waals surface area contributed by atoms with Gasteiger partial charge in [-0.05, 0) is 0 Å². The zero-order chi connectivity index (χ0) is 9.99. The SMILES string of the molecule is [CH-]=C(C=[C-]C(C)(C)C)C(C)(C)C.[Y]. The predicted octanol–water partition coefficient (Wildman–Crippen LogP) is 3.79. The van der Waals surface area contributed by atoms with Crippen LogP contribution in [-0.4, -0.2) is 0 Å². The fourth-order valence-electron chi connectivity index (χ4n) is 0.511. The van der Waals surface area contributed by atoms with Gasteiger partial charge in [0.2, 0.25) is 0 Å². The molecule has 0 aliphatic carbocycles. The topological polar surface area (TPSA) is 0 Å². The maximum absolute atomic E-state index is 5.86. The Morgan fingerprint density at radius 2 is 1.46 bits per heavy atom. The van der Waals surface area contributed by atoms with Crippen molar-refractivity contribution in [3.63, 3.8) is 0 Å². The van der Waals surface area contributed by atoms with Crippen LogP contribution in [0.1, 0.15) is 41.5 Å². The minimum Gasteiger partial charge on any atom is -0.390 e. The maximum Gasteiger partial charge on any atom is 0 e. The summed E-state index contributed by atoms with van der Waals surface area (Å²) < 4.78 is 0. The third-order valence-electron chi connectivity index (χ3n) is 1.53. The van der Waals surface area contributed by atoms with Crippen LogP contribution in [0.15, 0.2) is 11.6 Å². The number of rotatable bonds is 1. The summed E-state index contributed by atoms with van der Waals surface area (Å²) in [7, 11) is 0. The van der Waals surface area contributed by atoms with Gasteiger partial charge in [-0.25, -0.2) is 0 Å². The first kappa shape index (κ1) is 16.0. The third-order valence-corrected chi connectivity index (χ3v) is 1.53. The van der Waals surface area contributed by atoms with Crippen LogP contribution >= 0.6 is 0 Å². The van der Waals surface area contributed by atoms with Gasteiger partial charge in [0, 0.05) is 32.7 Å². The van der Waals surface area contributed by atoms with E-state index in [1.165, 1.54) is 0 Å². The zero-order valence-electron chi connectivity index (χ0n) is 9.73. The van der Waals surface area contributed by atoms with E-state index < -0.39 is 0 Å². The second-order valence-electron chi connectivity index (χ2n) is 5.24. The summed E-state index contributed by atoms with van der Waals surface area (Å²) in [6.07, 6.45) is 5.14. The Morgan fingerprint density at radius 1 is 1.08 bits per heavy atom. The number of hydrogen-bond donors (Lipinski definition) is 0. The van der Waals surface area contributed by atoms with Gasteiger partial charge in [-0.3, -0.25) is 0 Å². The molecule has 1 heteroatoms. The van der Waals surface area contributed by atoms with Crippen molar-refractivity contribution in [3.05, 3.63) is 24.3 Å². The molecule has 0 heterocycles. The average Bonchev–Trinajstić information content (AvgIpc) is 1.78. The van der Waals surface area contributed by atoms with Crippen LogP contribution < -0.4 is 0 Å². The largest absolute Gasteiger partial charge is 0.390 e. The van der Waals surface area contributed by atoms with E-state index in [4.69, 9.17) is 6.58 Å². The normalized spacial score (nSPS) is 12.8. The summed E-state index contributed by atoms with van der Waals surface area (Å²) in [6, 6.07) is 0. The molecule has 0 atom stereocenters. The Morgan fingerprint density at radius 3 is 1.69 bits per heavy atom. The van der Waals surface area contributed by atoms with Crippen LogP contribution in [0, 0.1) is 23.5 Å². The number of allylic oxidation sites excluding steroid dienone is 3. The molecule has 0 saturated carbocycles. The first-order valence-electron chi connectivity index (χ1n) is 4.37. The molecule has 0 aromatic heterocycles. The summed E-state index contributed by atoms with van der Waals surface area (Å²) in [5.41, 5.74) is 1.03. The Kier molecular flexibility index (Phi) is 6.73. The molecular weight excluding hydrogens is 233 g/mol. The van der Waals surface area contributed by atoms with Crippen molar-refractivity contribution in [3.8, 4) is 0 Å². The van der Waals surface area contributed by atoms with Crippen molar-refractivity contribution in [2.75, 3.05) is 0 Å². The first-order valence-corrected chi connectivity index (χ1v) is 4.37. The molecule has 1 radical (unpaired) electrons. The quantitative estimate of drug-likeness (QED) is 0.492. The van der Waals surface area contributed by atoms with Crippen LogP contribution in [0.2, 0.25) is 0 Å². The minimum absolute atomic E-state index is 0. The second-order valence-corrected chi connectivity index (χ2v) is 5.24. The van der Waals surface area contributed by atoms with Gasteiger partial charge in [-0.2, -0.15) is 0 Å². The molecule has 0 N–H and O–H groups in total. The van der Waals surface area contributed by atoms with Crippen molar-refractivity contribution < 1.29 is 32.7 Å². The molecule has 0 fully saturated rings. The Balaban J connectivity index is 0. The Hall–Kier alpha value is 0.584. The van der Waals surface area contributed by atoms with Gasteiger partial charge in [-0.15, -0.1) is 10.8 Å². The molecule has 0 rings (SSSR count). The minimum atomic E-state index is 0. The van der Waals surface area contributed by atoms with Gasteiger partial charge in [0.25, 0.3) is 0 Å². The number of hydrogen-bond acceptors (Lipinski definition) is 0. The molecule has 0 aromatic rings. The van der Waals surface area contributed by atoms with E-state index in [-0.39, 0.29) is 43.5 Å². The fraction of sp³-hybridized carbons (Fsp3) is 0.667. The molecule has 0 aromatic carbocycles. The molecule has 0 aliphatic heterocycles. The van der Waals surface area contributed by atoms with Crippen LogP contribution in [0.25, 0.3) is 0 Å². The maximum atomic E-state index is 5.86. The zero-order valence-corrected chi connectivity index (χ0v) is 12.6. The van der Waals surface area contributed by atoms with Crippen molar-refractivity contribution >= 4 is 0 Å². The molecule has 0 bridgehead atoms. The van der Waals surface area contributed by atoms with Crippen LogP contribution in [0.4, 0.5) is 0 Å². The molecule has 0 nitrogen and oxygen atoms in total. The fourth-order valence-corrected chi connectivity index (χ4v) is 0.511. The second kappa shape index (κ2) is 5.46. The van der Waals surface area contributed by atoms with Gasteiger partial charge >= 0.3 is 0 Å². The van der Waals surface area contributed by atoms with Crippen LogP contribution in [0.3, 0.4) is 0 Å². The van der Waals surface area contributed by atoms with Crippen molar-refractivity contribution in [1.82, 2.24) is 0 Å². The summed E-state index contributed by atoms with van der Waals surface area (Å²) in [5.74, 6) is 0. The summed E-state index contributed by atoms with van der Waals surface area (Å²) in [5, 5.41) is 0. The van der Waals surface area contributed by atoms with Crippen LogP contribution in [0.5, 0.6) is 0 Å². The average molecular weight is 253 g/mol. The summed E-state index contributed by atoms with van der Waals surface area (Å²) in [6.45, 7) is 18.5. The monoisotopic (exact) mass is 253 g/mol. The smallest absolute Gasteiger partial charge is 0 e. The van der Waals surface area contributed by atoms with Crippen LogP contribution in [-0.2, 0) is 32.7 Å². The molecule has 0 aliphatic rings. The first-order chi connectivity index (χ1) is 5.13. The van der Waals surface area contributed by atoms with E-state index in [1.807, 2.05) is 6.08 Å². The van der Waals surface area contributed by atoms with E-state index in [1.54, 1.807) is 0 Å². The molecule has 0 unspecified atom stereocenters. The van der Waals surface area contributed by atoms with Gasteiger partial charge in [0.05, 0.1) is 0 Å². The predicted molar refractivity (Wildman–Crippen MR) is 54.5 cm³/mol. The van der Waals surface area contributed by atoms with E-state index in [0.717, 1.165) is 5.57 Å². The van der Waals surface area contributed by atoms with Gasteiger partial charge < -0.3 is 24.3 Å². The van der Waals surface area contributed by atoms with Gasteiger partial charge in [-0.1, -0.05) is 41.5 Å². The molecule has 73 valence electrons. The van der Waals surface area contributed by atoms with E-state index in [9.17, 15) is 0 Å².